The van der Waals surface area contributed by atoms with Crippen LogP contribution >= 0.6 is 0 Å². The van der Waals surface area contributed by atoms with Gasteiger partial charge in [-0.2, -0.15) is 0 Å². The molecule has 0 rings (SSSR count). The molecule has 0 aliphatic rings. The smallest absolute Gasteiger partial charge is 0.550 e. The summed E-state index contributed by atoms with van der Waals surface area (Å²) in [6, 6.07) is 0. The van der Waals surface area contributed by atoms with Crippen LogP contribution in [0.1, 0.15) is 84.0 Å². The largest absolute Gasteiger partial charge is 1.00 e. The van der Waals surface area contributed by atoms with Crippen LogP contribution in [0.15, 0.2) is 12.2 Å². The quantitative estimate of drug-likeness (QED) is 0.286. The Kier molecular flexibility index (Phi) is 20.6. The molecule has 0 saturated heterocycles. The van der Waals surface area contributed by atoms with Gasteiger partial charge in [0.05, 0.1) is 0 Å². The molecule has 0 unspecified atom stereocenters. The van der Waals surface area contributed by atoms with Gasteiger partial charge in [-0.15, -0.1) is 0 Å². The third-order valence-electron chi connectivity index (χ3n) is 3.14. The molecule has 0 bridgehead atoms. The number of carbonyl (C=O) groups is 1. The Labute approximate surface area is 141 Å². The Balaban J connectivity index is 0. The Morgan fingerprint density at radius 2 is 1.32 bits per heavy atom. The molecule has 106 valence electrons. The first-order chi connectivity index (χ1) is 8.77. The molecule has 0 amide bonds. The van der Waals surface area contributed by atoms with Crippen LogP contribution in [0.25, 0.3) is 0 Å². The number of allylic oxidation sites excluding steroid dienone is 2. The first-order valence-electron chi connectivity index (χ1n) is 7.62. The Morgan fingerprint density at radius 1 is 0.842 bits per heavy atom. The van der Waals surface area contributed by atoms with E-state index in [2.05, 4.69) is 19.1 Å². The van der Waals surface area contributed by atoms with Crippen molar-refractivity contribution in [3.05, 3.63) is 12.2 Å². The summed E-state index contributed by atoms with van der Waals surface area (Å²) in [5, 5.41) is 10.2. The molecule has 0 aromatic rings. The van der Waals surface area contributed by atoms with E-state index in [1.54, 1.807) is 0 Å². The van der Waals surface area contributed by atoms with Gasteiger partial charge in [0.15, 0.2) is 0 Å². The van der Waals surface area contributed by atoms with Gasteiger partial charge in [-0.25, -0.2) is 0 Å². The number of carboxylic acid groups (broad SMARTS) is 1. The van der Waals surface area contributed by atoms with E-state index >= 15 is 0 Å². The van der Waals surface area contributed by atoms with Crippen LogP contribution in [-0.2, 0) is 4.79 Å². The number of unbranched alkanes of at least 4 members (excludes halogenated alkanes) is 9. The molecule has 0 aliphatic carbocycles. The first-order valence-corrected chi connectivity index (χ1v) is 7.62. The van der Waals surface area contributed by atoms with Crippen LogP contribution in [0, 0.1) is 0 Å². The van der Waals surface area contributed by atoms with Gasteiger partial charge in [-0.3, -0.25) is 0 Å². The topological polar surface area (TPSA) is 40.1 Å². The van der Waals surface area contributed by atoms with Gasteiger partial charge in [0.1, 0.15) is 0 Å². The minimum Gasteiger partial charge on any atom is -0.550 e. The SMILES string of the molecule is CCCCCC/C=C/CCCCCCCC(=O)[O-].[Na+]. The molecule has 0 atom stereocenters. The van der Waals surface area contributed by atoms with E-state index in [0.29, 0.717) is 0 Å². The molecular formula is C16H29NaO2. The average molecular weight is 276 g/mol. The second kappa shape index (κ2) is 18.2. The maximum Gasteiger partial charge on any atom is 1.00 e. The summed E-state index contributed by atoms with van der Waals surface area (Å²) < 4.78 is 0. The van der Waals surface area contributed by atoms with Crippen molar-refractivity contribution in [1.82, 2.24) is 0 Å². The fourth-order valence-corrected chi connectivity index (χ4v) is 1.99. The van der Waals surface area contributed by atoms with E-state index in [0.717, 1.165) is 19.3 Å². The van der Waals surface area contributed by atoms with Crippen molar-refractivity contribution in [1.29, 1.82) is 0 Å². The fraction of sp³-hybridized carbons (Fsp3) is 0.812. The maximum absolute atomic E-state index is 10.2. The molecule has 0 heterocycles. The zero-order valence-electron chi connectivity index (χ0n) is 13.0. The monoisotopic (exact) mass is 276 g/mol. The molecule has 0 aliphatic heterocycles. The standard InChI is InChI=1S/C16H30O2.Na/c1-2-3-4-5-6-7-8-9-10-11-12-13-14-15-16(17)18;/h7-8H,2-6,9-15H2,1H3,(H,17,18);/q;+1/p-1/b8-7+;. The van der Waals surface area contributed by atoms with E-state index in [1.807, 2.05) is 0 Å². The molecule has 0 radical (unpaired) electrons. The Hall–Kier alpha value is 0.210. The van der Waals surface area contributed by atoms with Gasteiger partial charge in [-0.05, 0) is 38.5 Å². The van der Waals surface area contributed by atoms with Crippen LogP contribution in [0.4, 0.5) is 0 Å². The molecule has 0 aromatic heterocycles. The maximum atomic E-state index is 10.2. The fourth-order valence-electron chi connectivity index (χ4n) is 1.99. The minimum atomic E-state index is -0.916. The summed E-state index contributed by atoms with van der Waals surface area (Å²) in [6.45, 7) is 2.24. The zero-order valence-corrected chi connectivity index (χ0v) is 15.0. The molecule has 2 nitrogen and oxygen atoms in total. The summed E-state index contributed by atoms with van der Waals surface area (Å²) in [5.74, 6) is -0.916. The number of aliphatic carboxylic acids is 1. The van der Waals surface area contributed by atoms with Crippen molar-refractivity contribution >= 4 is 5.97 Å². The summed E-state index contributed by atoms with van der Waals surface area (Å²) >= 11 is 0. The van der Waals surface area contributed by atoms with Gasteiger partial charge in [0, 0.05) is 5.97 Å². The average Bonchev–Trinajstić information content (AvgIpc) is 2.34. The summed E-state index contributed by atoms with van der Waals surface area (Å²) in [6.07, 6.45) is 18.0. The van der Waals surface area contributed by atoms with Crippen molar-refractivity contribution in [3.63, 3.8) is 0 Å². The molecule has 0 spiro atoms. The molecule has 3 heteroatoms. The van der Waals surface area contributed by atoms with Crippen molar-refractivity contribution in [3.8, 4) is 0 Å². The predicted octanol–water partition coefficient (Wildman–Crippen LogP) is 0.998. The van der Waals surface area contributed by atoms with E-state index in [-0.39, 0.29) is 36.0 Å². The summed E-state index contributed by atoms with van der Waals surface area (Å²) in [5.41, 5.74) is 0. The number of hydrogen-bond acceptors (Lipinski definition) is 2. The molecule has 0 fully saturated rings. The van der Waals surface area contributed by atoms with Crippen molar-refractivity contribution in [2.75, 3.05) is 0 Å². The van der Waals surface area contributed by atoms with E-state index in [1.165, 1.54) is 51.4 Å². The van der Waals surface area contributed by atoms with Crippen molar-refractivity contribution < 1.29 is 39.5 Å². The molecule has 0 N–H and O–H groups in total. The summed E-state index contributed by atoms with van der Waals surface area (Å²) in [7, 11) is 0. The first kappa shape index (κ1) is 21.5. The van der Waals surface area contributed by atoms with Crippen molar-refractivity contribution in [2.24, 2.45) is 0 Å². The third-order valence-corrected chi connectivity index (χ3v) is 3.14. The third kappa shape index (κ3) is 20.7. The number of carboxylic acids is 1. The van der Waals surface area contributed by atoms with Crippen LogP contribution in [0.5, 0.6) is 0 Å². The van der Waals surface area contributed by atoms with Crippen LogP contribution in [0.2, 0.25) is 0 Å². The van der Waals surface area contributed by atoms with Crippen molar-refractivity contribution in [2.45, 2.75) is 84.0 Å². The zero-order chi connectivity index (χ0) is 13.5. The predicted molar refractivity (Wildman–Crippen MR) is 75.2 cm³/mol. The minimum absolute atomic E-state index is 0. The number of carbonyl (C=O) groups excluding carboxylic acids is 1. The summed E-state index contributed by atoms with van der Waals surface area (Å²) in [4.78, 5) is 10.2. The Bertz CT molecular complexity index is 215. The second-order valence-electron chi connectivity index (χ2n) is 5.00. The van der Waals surface area contributed by atoms with Gasteiger partial charge in [0.2, 0.25) is 0 Å². The van der Waals surface area contributed by atoms with Gasteiger partial charge in [0.25, 0.3) is 0 Å². The van der Waals surface area contributed by atoms with Crippen LogP contribution < -0.4 is 34.7 Å². The normalized spacial score (nSPS) is 10.6. The Morgan fingerprint density at radius 3 is 1.84 bits per heavy atom. The number of hydrogen-bond donors (Lipinski definition) is 0. The van der Waals surface area contributed by atoms with Gasteiger partial charge < -0.3 is 9.90 Å². The van der Waals surface area contributed by atoms with E-state index in [4.69, 9.17) is 0 Å². The van der Waals surface area contributed by atoms with E-state index < -0.39 is 5.97 Å². The molecule has 0 aromatic carbocycles. The van der Waals surface area contributed by atoms with Crippen LogP contribution in [0.3, 0.4) is 0 Å². The van der Waals surface area contributed by atoms with Crippen LogP contribution in [-0.4, -0.2) is 5.97 Å². The molecule has 19 heavy (non-hydrogen) atoms. The molecule has 0 saturated carbocycles. The number of rotatable bonds is 13. The van der Waals surface area contributed by atoms with Gasteiger partial charge >= 0.3 is 29.6 Å². The molecular weight excluding hydrogens is 247 g/mol. The van der Waals surface area contributed by atoms with E-state index in [9.17, 15) is 9.90 Å². The second-order valence-corrected chi connectivity index (χ2v) is 5.00. The van der Waals surface area contributed by atoms with Gasteiger partial charge in [-0.1, -0.05) is 57.6 Å².